The molecule has 1 aromatic carbocycles. The predicted molar refractivity (Wildman–Crippen MR) is 109 cm³/mol. The van der Waals surface area contributed by atoms with Gasteiger partial charge in [-0.05, 0) is 62.2 Å². The van der Waals surface area contributed by atoms with Gasteiger partial charge < -0.3 is 14.4 Å². The molecule has 6 heteroatoms. The van der Waals surface area contributed by atoms with Crippen molar-refractivity contribution in [1.29, 1.82) is 0 Å². The normalized spacial score (nSPS) is 34.9. The maximum absolute atomic E-state index is 12.9. The molecule has 1 spiro atoms. The summed E-state index contributed by atoms with van der Waals surface area (Å²) in [7, 11) is 3.17. The molecular formula is C23H30N2O4. The summed E-state index contributed by atoms with van der Waals surface area (Å²) in [5.41, 5.74) is 1.97. The van der Waals surface area contributed by atoms with Crippen LogP contribution in [0.2, 0.25) is 0 Å². The van der Waals surface area contributed by atoms with E-state index in [-0.39, 0.29) is 34.8 Å². The minimum atomic E-state index is -0.137. The lowest BCUT2D eigenvalue weighted by atomic mass is 9.52. The van der Waals surface area contributed by atoms with Gasteiger partial charge in [0.1, 0.15) is 5.75 Å². The standard InChI is InChI=1S/C23H30N2O4/c1-15(26)25-18-8-10-22(14-19(27)29-3)9-5-12-24-13-11-23(18,21(22)24)16-6-4-7-17(28-2)20(16)25/h4,6-7,18,21H,5,8-14H2,1-3H3/t18-,21+,22+,23-/m1/s1. The zero-order valence-electron chi connectivity index (χ0n) is 17.6. The molecular weight excluding hydrogens is 368 g/mol. The highest BCUT2D eigenvalue weighted by Crippen LogP contribution is 2.66. The van der Waals surface area contributed by atoms with E-state index in [1.54, 1.807) is 14.0 Å². The minimum absolute atomic E-state index is 0.0763. The molecule has 4 aliphatic rings. The van der Waals surface area contributed by atoms with Crippen molar-refractivity contribution in [2.75, 3.05) is 32.2 Å². The zero-order chi connectivity index (χ0) is 20.4. The van der Waals surface area contributed by atoms with Crippen molar-refractivity contribution in [1.82, 2.24) is 4.90 Å². The number of benzene rings is 1. The molecule has 3 heterocycles. The van der Waals surface area contributed by atoms with Crippen LogP contribution in [0, 0.1) is 5.41 Å². The summed E-state index contributed by atoms with van der Waals surface area (Å²) in [6, 6.07) is 6.59. The van der Waals surface area contributed by atoms with Crippen LogP contribution in [0.1, 0.15) is 51.0 Å². The maximum Gasteiger partial charge on any atom is 0.306 e. The third-order valence-electron chi connectivity index (χ3n) is 8.21. The minimum Gasteiger partial charge on any atom is -0.495 e. The molecule has 156 valence electrons. The lowest BCUT2D eigenvalue weighted by molar-refractivity contribution is -0.148. The Labute approximate surface area is 172 Å². The van der Waals surface area contributed by atoms with E-state index in [1.165, 1.54) is 12.7 Å². The molecule has 0 aromatic heterocycles. The summed E-state index contributed by atoms with van der Waals surface area (Å²) in [5, 5.41) is 0. The van der Waals surface area contributed by atoms with E-state index in [0.717, 1.165) is 56.6 Å². The third-order valence-corrected chi connectivity index (χ3v) is 8.21. The Morgan fingerprint density at radius 3 is 2.72 bits per heavy atom. The zero-order valence-corrected chi connectivity index (χ0v) is 17.6. The molecule has 5 rings (SSSR count). The Kier molecular flexibility index (Phi) is 4.21. The number of methoxy groups -OCH3 is 2. The number of esters is 1. The number of hydrogen-bond donors (Lipinski definition) is 0. The Morgan fingerprint density at radius 2 is 2.00 bits per heavy atom. The molecule has 1 aliphatic carbocycles. The Morgan fingerprint density at radius 1 is 1.17 bits per heavy atom. The van der Waals surface area contributed by atoms with Gasteiger partial charge in [0.25, 0.3) is 0 Å². The highest BCUT2D eigenvalue weighted by Gasteiger charge is 2.69. The average molecular weight is 399 g/mol. The summed E-state index contributed by atoms with van der Waals surface area (Å²) in [4.78, 5) is 29.9. The summed E-state index contributed by atoms with van der Waals surface area (Å²) in [6.07, 6.45) is 5.54. The van der Waals surface area contributed by atoms with E-state index < -0.39 is 0 Å². The van der Waals surface area contributed by atoms with Crippen LogP contribution in [0.3, 0.4) is 0 Å². The first kappa shape index (κ1) is 18.9. The maximum atomic E-state index is 12.9. The van der Waals surface area contributed by atoms with E-state index in [9.17, 15) is 9.59 Å². The van der Waals surface area contributed by atoms with E-state index in [1.807, 2.05) is 11.0 Å². The first-order chi connectivity index (χ1) is 14.0. The van der Waals surface area contributed by atoms with Gasteiger partial charge in [0, 0.05) is 24.4 Å². The number of carbonyl (C=O) groups excluding carboxylic acids is 2. The van der Waals surface area contributed by atoms with Crippen LogP contribution >= 0.6 is 0 Å². The molecule has 6 nitrogen and oxygen atoms in total. The van der Waals surface area contributed by atoms with Crippen LogP contribution in [0.5, 0.6) is 5.75 Å². The molecule has 0 unspecified atom stereocenters. The monoisotopic (exact) mass is 398 g/mol. The van der Waals surface area contributed by atoms with Gasteiger partial charge >= 0.3 is 5.97 Å². The molecule has 29 heavy (non-hydrogen) atoms. The Bertz CT molecular complexity index is 870. The lowest BCUT2D eigenvalue weighted by Crippen LogP contribution is -2.65. The molecule has 1 aromatic rings. The van der Waals surface area contributed by atoms with Crippen molar-refractivity contribution in [2.45, 2.75) is 62.9 Å². The number of ether oxygens (including phenoxy) is 2. The third kappa shape index (κ3) is 2.32. The molecule has 3 aliphatic heterocycles. The van der Waals surface area contributed by atoms with Gasteiger partial charge in [-0.2, -0.15) is 0 Å². The number of amides is 1. The van der Waals surface area contributed by atoms with Crippen LogP contribution in [0.4, 0.5) is 5.69 Å². The number of para-hydroxylation sites is 1. The van der Waals surface area contributed by atoms with Gasteiger partial charge in [-0.1, -0.05) is 12.1 Å². The molecule has 1 saturated carbocycles. The van der Waals surface area contributed by atoms with Crippen LogP contribution in [0.15, 0.2) is 18.2 Å². The van der Waals surface area contributed by atoms with Crippen molar-refractivity contribution in [3.05, 3.63) is 23.8 Å². The molecule has 2 saturated heterocycles. The highest BCUT2D eigenvalue weighted by atomic mass is 16.5. The van der Waals surface area contributed by atoms with Gasteiger partial charge in [0.15, 0.2) is 0 Å². The highest BCUT2D eigenvalue weighted by molar-refractivity contribution is 5.98. The van der Waals surface area contributed by atoms with Gasteiger partial charge in [-0.3, -0.25) is 14.5 Å². The van der Waals surface area contributed by atoms with E-state index >= 15 is 0 Å². The molecule has 4 atom stereocenters. The van der Waals surface area contributed by atoms with Crippen LogP contribution in [-0.4, -0.2) is 56.2 Å². The second kappa shape index (κ2) is 6.46. The van der Waals surface area contributed by atoms with Crippen molar-refractivity contribution in [2.24, 2.45) is 5.41 Å². The van der Waals surface area contributed by atoms with Gasteiger partial charge in [0.2, 0.25) is 5.91 Å². The van der Waals surface area contributed by atoms with Crippen LogP contribution in [-0.2, 0) is 19.7 Å². The number of rotatable bonds is 3. The number of nitrogens with zero attached hydrogens (tertiary/aromatic N) is 2. The number of anilines is 1. The second-order valence-corrected chi connectivity index (χ2v) is 9.25. The average Bonchev–Trinajstić information content (AvgIpc) is 3.25. The number of piperidine rings is 1. The van der Waals surface area contributed by atoms with Crippen molar-refractivity contribution >= 4 is 17.6 Å². The topological polar surface area (TPSA) is 59.1 Å². The first-order valence-electron chi connectivity index (χ1n) is 10.8. The van der Waals surface area contributed by atoms with E-state index in [2.05, 4.69) is 17.0 Å². The van der Waals surface area contributed by atoms with Crippen LogP contribution in [0.25, 0.3) is 0 Å². The molecule has 1 amide bonds. The Balaban J connectivity index is 1.72. The van der Waals surface area contributed by atoms with E-state index in [0.29, 0.717) is 6.42 Å². The molecule has 3 fully saturated rings. The second-order valence-electron chi connectivity index (χ2n) is 9.25. The molecule has 0 bridgehead atoms. The molecule has 0 radical (unpaired) electrons. The first-order valence-corrected chi connectivity index (χ1v) is 10.8. The predicted octanol–water partition coefficient (Wildman–Crippen LogP) is 2.88. The SMILES string of the molecule is COC(=O)C[C@]12CCCN3CC[C@]4(c5cccc(OC)c5N(C(C)=O)[C@@H]4CC1)[C@@H]32. The number of carbonyl (C=O) groups is 2. The largest absolute Gasteiger partial charge is 0.495 e. The fraction of sp³-hybridized carbons (Fsp3) is 0.652. The van der Waals surface area contributed by atoms with E-state index in [4.69, 9.17) is 9.47 Å². The fourth-order valence-electron chi connectivity index (χ4n) is 7.46. The lowest BCUT2D eigenvalue weighted by Gasteiger charge is -2.58. The summed E-state index contributed by atoms with van der Waals surface area (Å²) in [6.45, 7) is 3.76. The van der Waals surface area contributed by atoms with Crippen LogP contribution < -0.4 is 9.64 Å². The van der Waals surface area contributed by atoms with Crippen molar-refractivity contribution < 1.29 is 19.1 Å². The van der Waals surface area contributed by atoms with Crippen molar-refractivity contribution in [3.8, 4) is 5.75 Å². The fourth-order valence-corrected chi connectivity index (χ4v) is 7.46. The summed E-state index contributed by atoms with van der Waals surface area (Å²) in [5.74, 6) is 0.737. The van der Waals surface area contributed by atoms with Gasteiger partial charge in [0.05, 0.1) is 26.3 Å². The summed E-state index contributed by atoms with van der Waals surface area (Å²) < 4.78 is 10.8. The smallest absolute Gasteiger partial charge is 0.306 e. The summed E-state index contributed by atoms with van der Waals surface area (Å²) >= 11 is 0. The van der Waals surface area contributed by atoms with Gasteiger partial charge in [-0.25, -0.2) is 0 Å². The number of fused-ring (bicyclic) bond motifs is 1. The number of hydrogen-bond acceptors (Lipinski definition) is 5. The quantitative estimate of drug-likeness (QED) is 0.733. The van der Waals surface area contributed by atoms with Gasteiger partial charge in [-0.15, -0.1) is 0 Å². The molecule has 0 N–H and O–H groups in total. The Hall–Kier alpha value is -2.08. The van der Waals surface area contributed by atoms with Crippen molar-refractivity contribution in [3.63, 3.8) is 0 Å².